The molecule has 0 saturated heterocycles. The first-order valence-electron chi connectivity index (χ1n) is 5.05. The van der Waals surface area contributed by atoms with Crippen molar-refractivity contribution in [2.75, 3.05) is 0 Å². The van der Waals surface area contributed by atoms with Gasteiger partial charge in [0.15, 0.2) is 0 Å². The fourth-order valence-corrected chi connectivity index (χ4v) is 1.32. The Balaban J connectivity index is 2.82. The molecule has 1 aromatic rings. The van der Waals surface area contributed by atoms with Crippen molar-refractivity contribution in [3.8, 4) is 0 Å². The van der Waals surface area contributed by atoms with Crippen LogP contribution in [-0.2, 0) is 23.7 Å². The van der Waals surface area contributed by atoms with Crippen LogP contribution in [0.25, 0.3) is 0 Å². The van der Waals surface area contributed by atoms with Gasteiger partial charge in [-0.25, -0.2) is 4.98 Å². The maximum absolute atomic E-state index is 10.5. The van der Waals surface area contributed by atoms with E-state index in [4.69, 9.17) is 5.11 Å². The number of hydrogen-bond acceptors (Lipinski definition) is 2. The number of imidazole rings is 1. The Morgan fingerprint density at radius 2 is 2.13 bits per heavy atom. The van der Waals surface area contributed by atoms with Crippen LogP contribution in [0.1, 0.15) is 38.7 Å². The van der Waals surface area contributed by atoms with Gasteiger partial charge in [0, 0.05) is 25.1 Å². The van der Waals surface area contributed by atoms with Gasteiger partial charge in [-0.2, -0.15) is 0 Å². The van der Waals surface area contributed by atoms with Gasteiger partial charge in [-0.1, -0.05) is 20.8 Å². The number of aromatic nitrogens is 2. The summed E-state index contributed by atoms with van der Waals surface area (Å²) >= 11 is 0. The molecule has 1 aromatic heterocycles. The van der Waals surface area contributed by atoms with Crippen molar-refractivity contribution in [3.05, 3.63) is 17.7 Å². The Kier molecular flexibility index (Phi) is 3.17. The molecule has 1 N–H and O–H groups in total. The fraction of sp³-hybridized carbons (Fsp3) is 0.636. The van der Waals surface area contributed by atoms with Gasteiger partial charge in [-0.3, -0.25) is 4.79 Å². The lowest BCUT2D eigenvalue weighted by Crippen LogP contribution is -2.11. The number of carboxylic acids is 1. The van der Waals surface area contributed by atoms with Crippen molar-refractivity contribution in [1.29, 1.82) is 0 Å². The van der Waals surface area contributed by atoms with Crippen molar-refractivity contribution >= 4 is 5.97 Å². The first-order valence-corrected chi connectivity index (χ1v) is 5.05. The maximum Gasteiger partial charge on any atom is 0.303 e. The lowest BCUT2D eigenvalue weighted by Gasteiger charge is -2.13. The Morgan fingerprint density at radius 3 is 2.53 bits per heavy atom. The van der Waals surface area contributed by atoms with Crippen molar-refractivity contribution in [2.24, 2.45) is 7.05 Å². The van der Waals surface area contributed by atoms with Crippen molar-refractivity contribution in [3.63, 3.8) is 0 Å². The monoisotopic (exact) mass is 210 g/mol. The van der Waals surface area contributed by atoms with Crippen LogP contribution in [0.5, 0.6) is 0 Å². The highest BCUT2D eigenvalue weighted by Crippen LogP contribution is 2.21. The van der Waals surface area contributed by atoms with E-state index >= 15 is 0 Å². The van der Waals surface area contributed by atoms with Crippen molar-refractivity contribution in [1.82, 2.24) is 9.55 Å². The molecule has 0 radical (unpaired) electrons. The van der Waals surface area contributed by atoms with Gasteiger partial charge in [0.05, 0.1) is 12.1 Å². The summed E-state index contributed by atoms with van der Waals surface area (Å²) < 4.78 is 1.91. The third kappa shape index (κ3) is 3.08. The third-order valence-electron chi connectivity index (χ3n) is 2.30. The maximum atomic E-state index is 10.5. The van der Waals surface area contributed by atoms with E-state index in [-0.39, 0.29) is 11.8 Å². The van der Waals surface area contributed by atoms with Gasteiger partial charge in [0.1, 0.15) is 5.82 Å². The molecule has 0 spiro atoms. The molecule has 0 amide bonds. The smallest absolute Gasteiger partial charge is 0.303 e. The largest absolute Gasteiger partial charge is 0.481 e. The first kappa shape index (κ1) is 11.8. The second-order valence-electron chi connectivity index (χ2n) is 4.80. The topological polar surface area (TPSA) is 55.1 Å². The van der Waals surface area contributed by atoms with Crippen LogP contribution in [0.3, 0.4) is 0 Å². The predicted molar refractivity (Wildman–Crippen MR) is 57.9 cm³/mol. The van der Waals surface area contributed by atoms with E-state index < -0.39 is 5.97 Å². The van der Waals surface area contributed by atoms with E-state index in [0.29, 0.717) is 6.42 Å². The van der Waals surface area contributed by atoms with E-state index in [9.17, 15) is 4.79 Å². The summed E-state index contributed by atoms with van der Waals surface area (Å²) in [6.07, 6.45) is 2.59. The van der Waals surface area contributed by atoms with Crippen LogP contribution < -0.4 is 0 Å². The van der Waals surface area contributed by atoms with E-state index in [2.05, 4.69) is 25.8 Å². The minimum atomic E-state index is -0.782. The molecular weight excluding hydrogens is 192 g/mol. The number of nitrogens with zero attached hydrogens (tertiary/aromatic N) is 2. The number of carbonyl (C=O) groups is 1. The summed E-state index contributed by atoms with van der Waals surface area (Å²) in [5.41, 5.74) is 1.02. The van der Waals surface area contributed by atoms with Crippen LogP contribution in [-0.4, -0.2) is 20.6 Å². The Labute approximate surface area is 89.9 Å². The average molecular weight is 210 g/mol. The number of aryl methyl sites for hydroxylation is 2. The molecule has 0 unspecified atom stereocenters. The molecule has 0 aliphatic heterocycles. The summed E-state index contributed by atoms with van der Waals surface area (Å²) in [4.78, 5) is 14.9. The van der Waals surface area contributed by atoms with Gasteiger partial charge in [-0.05, 0) is 0 Å². The SMILES string of the molecule is Cn1cc(C(C)(C)C)nc1CCC(=O)O. The zero-order valence-electron chi connectivity index (χ0n) is 9.74. The highest BCUT2D eigenvalue weighted by Gasteiger charge is 2.18. The zero-order valence-corrected chi connectivity index (χ0v) is 9.74. The molecule has 0 aromatic carbocycles. The van der Waals surface area contributed by atoms with Gasteiger partial charge in [0.25, 0.3) is 0 Å². The molecule has 0 saturated carbocycles. The minimum Gasteiger partial charge on any atom is -0.481 e. The molecule has 0 fully saturated rings. The van der Waals surface area contributed by atoms with Crippen molar-refractivity contribution < 1.29 is 9.90 Å². The fourth-order valence-electron chi connectivity index (χ4n) is 1.32. The van der Waals surface area contributed by atoms with Gasteiger partial charge >= 0.3 is 5.97 Å². The quantitative estimate of drug-likeness (QED) is 0.826. The normalized spacial score (nSPS) is 11.7. The Morgan fingerprint density at radius 1 is 1.53 bits per heavy atom. The molecule has 4 heteroatoms. The number of aliphatic carboxylic acids is 1. The second-order valence-corrected chi connectivity index (χ2v) is 4.80. The standard InChI is InChI=1S/C11H18N2O2/c1-11(2,3)8-7-13(4)9(12-8)5-6-10(14)15/h7H,5-6H2,1-4H3,(H,14,15). The van der Waals surface area contributed by atoms with E-state index in [1.165, 1.54) is 0 Å². The van der Waals surface area contributed by atoms with E-state index in [0.717, 1.165) is 11.5 Å². The predicted octanol–water partition coefficient (Wildman–Crippen LogP) is 1.73. The molecule has 0 aliphatic carbocycles. The molecule has 1 rings (SSSR count). The zero-order chi connectivity index (χ0) is 11.6. The highest BCUT2D eigenvalue weighted by molar-refractivity contribution is 5.66. The van der Waals surface area contributed by atoms with Crippen LogP contribution in [0.4, 0.5) is 0 Å². The molecular formula is C11H18N2O2. The molecule has 15 heavy (non-hydrogen) atoms. The number of rotatable bonds is 3. The van der Waals surface area contributed by atoms with Crippen LogP contribution in [0.2, 0.25) is 0 Å². The third-order valence-corrected chi connectivity index (χ3v) is 2.30. The molecule has 4 nitrogen and oxygen atoms in total. The van der Waals surface area contributed by atoms with Gasteiger partial charge in [0.2, 0.25) is 0 Å². The van der Waals surface area contributed by atoms with Gasteiger partial charge in [-0.15, -0.1) is 0 Å². The number of hydrogen-bond donors (Lipinski definition) is 1. The van der Waals surface area contributed by atoms with Crippen LogP contribution >= 0.6 is 0 Å². The molecule has 0 atom stereocenters. The molecule has 1 heterocycles. The average Bonchev–Trinajstić information content (AvgIpc) is 2.42. The summed E-state index contributed by atoms with van der Waals surface area (Å²) in [6, 6.07) is 0. The van der Waals surface area contributed by atoms with Crippen molar-refractivity contribution in [2.45, 2.75) is 39.0 Å². The summed E-state index contributed by atoms with van der Waals surface area (Å²) in [5, 5.41) is 8.60. The highest BCUT2D eigenvalue weighted by atomic mass is 16.4. The summed E-state index contributed by atoms with van der Waals surface area (Å²) in [7, 11) is 1.90. The van der Waals surface area contributed by atoms with E-state index in [1.54, 1.807) is 0 Å². The van der Waals surface area contributed by atoms with Crippen LogP contribution in [0.15, 0.2) is 6.20 Å². The summed E-state index contributed by atoms with van der Waals surface area (Å²) in [5.74, 6) is 0.0534. The number of carboxylic acid groups (broad SMARTS) is 1. The lowest BCUT2D eigenvalue weighted by molar-refractivity contribution is -0.137. The Bertz CT molecular complexity index is 361. The van der Waals surface area contributed by atoms with E-state index in [1.807, 2.05) is 17.8 Å². The minimum absolute atomic E-state index is 0.0131. The molecule has 84 valence electrons. The first-order chi connectivity index (χ1) is 6.80. The summed E-state index contributed by atoms with van der Waals surface area (Å²) in [6.45, 7) is 6.28. The molecule has 0 aliphatic rings. The molecule has 0 bridgehead atoms. The Hall–Kier alpha value is -1.32. The lowest BCUT2D eigenvalue weighted by atomic mass is 9.93. The second kappa shape index (κ2) is 4.04. The van der Waals surface area contributed by atoms with Gasteiger partial charge < -0.3 is 9.67 Å². The van der Waals surface area contributed by atoms with Crippen LogP contribution in [0, 0.1) is 0 Å².